The number of aromatic amines is 1. The number of H-pyrrole nitrogens is 1. The molecule has 0 spiro atoms. The van der Waals surface area contributed by atoms with Crippen molar-refractivity contribution in [3.63, 3.8) is 0 Å². The van der Waals surface area contributed by atoms with E-state index in [-0.39, 0.29) is 11.7 Å². The van der Waals surface area contributed by atoms with Gasteiger partial charge in [0.05, 0.1) is 0 Å². The van der Waals surface area contributed by atoms with Crippen LogP contribution in [0.4, 0.5) is 13.2 Å². The average molecular weight is 474 g/mol. The van der Waals surface area contributed by atoms with E-state index in [1.807, 2.05) is 48.2 Å². The SMILES string of the molecule is CCN(CC1CCCN(CCc2cccc(OC(F)(F)F)c2)C1)C(=O)c1cc2ccccc2[nH]1. The maximum atomic E-state index is 13.1. The van der Waals surface area contributed by atoms with Crippen LogP contribution in [-0.2, 0) is 6.42 Å². The number of hydrogen-bond acceptors (Lipinski definition) is 3. The summed E-state index contributed by atoms with van der Waals surface area (Å²) in [6.45, 7) is 5.91. The van der Waals surface area contributed by atoms with Crippen LogP contribution in [0.2, 0.25) is 0 Å². The molecule has 1 N–H and O–H groups in total. The Balaban J connectivity index is 1.32. The van der Waals surface area contributed by atoms with E-state index in [1.54, 1.807) is 6.07 Å². The monoisotopic (exact) mass is 473 g/mol. The molecule has 0 radical (unpaired) electrons. The molecule has 1 amide bonds. The first-order chi connectivity index (χ1) is 16.3. The van der Waals surface area contributed by atoms with Crippen molar-refractivity contribution in [3.05, 3.63) is 65.9 Å². The van der Waals surface area contributed by atoms with Gasteiger partial charge < -0.3 is 19.5 Å². The lowest BCUT2D eigenvalue weighted by molar-refractivity contribution is -0.274. The maximum absolute atomic E-state index is 13.1. The van der Waals surface area contributed by atoms with E-state index in [2.05, 4.69) is 14.6 Å². The molecule has 4 rings (SSSR count). The Hall–Kier alpha value is -3.00. The first-order valence-corrected chi connectivity index (χ1v) is 11.7. The Labute approximate surface area is 197 Å². The van der Waals surface area contributed by atoms with Gasteiger partial charge in [-0.1, -0.05) is 30.3 Å². The molecule has 0 aliphatic carbocycles. The number of carbonyl (C=O) groups excluding carboxylic acids is 1. The van der Waals surface area contributed by atoms with Crippen LogP contribution >= 0.6 is 0 Å². The molecule has 3 aromatic rings. The topological polar surface area (TPSA) is 48.6 Å². The van der Waals surface area contributed by atoms with E-state index in [0.29, 0.717) is 31.1 Å². The predicted octanol–water partition coefficient (Wildman–Crippen LogP) is 5.48. The summed E-state index contributed by atoms with van der Waals surface area (Å²) in [6.07, 6.45) is -1.94. The minimum absolute atomic E-state index is 0.0114. The van der Waals surface area contributed by atoms with Gasteiger partial charge in [0.15, 0.2) is 0 Å². The molecule has 8 heteroatoms. The molecule has 1 saturated heterocycles. The number of benzene rings is 2. The third-order valence-electron chi connectivity index (χ3n) is 6.36. The maximum Gasteiger partial charge on any atom is 0.573 e. The highest BCUT2D eigenvalue weighted by molar-refractivity contribution is 5.98. The molecular weight excluding hydrogens is 443 g/mol. The van der Waals surface area contributed by atoms with E-state index in [4.69, 9.17) is 0 Å². The molecule has 1 aliphatic heterocycles. The van der Waals surface area contributed by atoms with E-state index >= 15 is 0 Å². The van der Waals surface area contributed by atoms with Crippen LogP contribution in [0, 0.1) is 5.92 Å². The van der Waals surface area contributed by atoms with Gasteiger partial charge in [-0.15, -0.1) is 13.2 Å². The Bertz CT molecular complexity index is 1080. The highest BCUT2D eigenvalue weighted by Crippen LogP contribution is 2.24. The molecule has 2 heterocycles. The fraction of sp³-hybridized carbons (Fsp3) is 0.423. The van der Waals surface area contributed by atoms with Gasteiger partial charge in [-0.3, -0.25) is 4.79 Å². The summed E-state index contributed by atoms with van der Waals surface area (Å²) >= 11 is 0. The van der Waals surface area contributed by atoms with Crippen molar-refractivity contribution in [2.24, 2.45) is 5.92 Å². The molecule has 2 aromatic carbocycles. The molecule has 0 bridgehead atoms. The molecule has 5 nitrogen and oxygen atoms in total. The lowest BCUT2D eigenvalue weighted by atomic mass is 9.96. The number of hydrogen-bond donors (Lipinski definition) is 1. The van der Waals surface area contributed by atoms with E-state index < -0.39 is 6.36 Å². The van der Waals surface area contributed by atoms with Crippen LogP contribution in [0.1, 0.15) is 35.8 Å². The Morgan fingerprint density at radius 2 is 2.00 bits per heavy atom. The first kappa shape index (κ1) is 24.1. The number of amides is 1. The summed E-state index contributed by atoms with van der Waals surface area (Å²) in [4.78, 5) is 20.6. The summed E-state index contributed by atoms with van der Waals surface area (Å²) < 4.78 is 41.5. The summed E-state index contributed by atoms with van der Waals surface area (Å²) in [5.41, 5.74) is 2.38. The number of piperidine rings is 1. The minimum atomic E-state index is -4.69. The lowest BCUT2D eigenvalue weighted by Gasteiger charge is -2.35. The molecule has 1 aliphatic rings. The third-order valence-corrected chi connectivity index (χ3v) is 6.36. The molecule has 34 heavy (non-hydrogen) atoms. The standard InChI is InChI=1S/C26H30F3N3O2/c1-2-32(25(33)24-16-21-9-3-4-11-23(21)30-24)18-20-8-6-13-31(17-20)14-12-19-7-5-10-22(15-19)34-26(27,28)29/h3-5,7,9-11,15-16,20,30H,2,6,8,12-14,17-18H2,1H3. The van der Waals surface area contributed by atoms with Crippen molar-refractivity contribution >= 4 is 16.8 Å². The number of carbonyl (C=O) groups is 1. The molecule has 1 unspecified atom stereocenters. The number of rotatable bonds is 8. The van der Waals surface area contributed by atoms with Gasteiger partial charge in [-0.2, -0.15) is 0 Å². The van der Waals surface area contributed by atoms with Gasteiger partial charge >= 0.3 is 6.36 Å². The first-order valence-electron chi connectivity index (χ1n) is 11.7. The number of fused-ring (bicyclic) bond motifs is 1. The second kappa shape index (κ2) is 10.5. The average Bonchev–Trinajstić information content (AvgIpc) is 3.25. The van der Waals surface area contributed by atoms with Crippen LogP contribution in [0.15, 0.2) is 54.6 Å². The van der Waals surface area contributed by atoms with Crippen LogP contribution < -0.4 is 4.74 Å². The highest BCUT2D eigenvalue weighted by Gasteiger charge is 2.31. The van der Waals surface area contributed by atoms with Gasteiger partial charge in [0.2, 0.25) is 0 Å². The van der Waals surface area contributed by atoms with E-state index in [9.17, 15) is 18.0 Å². The Morgan fingerprint density at radius 3 is 2.76 bits per heavy atom. The summed E-state index contributed by atoms with van der Waals surface area (Å²) in [6, 6.07) is 15.9. The quantitative estimate of drug-likeness (QED) is 0.471. The number of halogens is 3. The second-order valence-electron chi connectivity index (χ2n) is 8.87. The van der Waals surface area contributed by atoms with Gasteiger partial charge in [-0.25, -0.2) is 0 Å². The van der Waals surface area contributed by atoms with Gasteiger partial charge in [0.25, 0.3) is 5.91 Å². The number of aromatic nitrogens is 1. The number of alkyl halides is 3. The van der Waals surface area contributed by atoms with Crippen molar-refractivity contribution in [1.29, 1.82) is 0 Å². The van der Waals surface area contributed by atoms with Gasteiger partial charge in [0.1, 0.15) is 11.4 Å². The second-order valence-corrected chi connectivity index (χ2v) is 8.87. The van der Waals surface area contributed by atoms with Crippen molar-refractivity contribution in [2.45, 2.75) is 32.5 Å². The molecule has 1 atom stereocenters. The molecular formula is C26H30F3N3O2. The number of nitrogens with one attached hydrogen (secondary N) is 1. The van der Waals surface area contributed by atoms with E-state index in [0.717, 1.165) is 48.9 Å². The molecule has 0 saturated carbocycles. The van der Waals surface area contributed by atoms with E-state index in [1.165, 1.54) is 12.1 Å². The van der Waals surface area contributed by atoms with Crippen LogP contribution in [0.5, 0.6) is 5.75 Å². The zero-order chi connectivity index (χ0) is 24.1. The van der Waals surface area contributed by atoms with Crippen LogP contribution in [0.3, 0.4) is 0 Å². The smallest absolute Gasteiger partial charge is 0.406 e. The zero-order valence-corrected chi connectivity index (χ0v) is 19.3. The van der Waals surface area contributed by atoms with Crippen LogP contribution in [0.25, 0.3) is 10.9 Å². The van der Waals surface area contributed by atoms with Crippen molar-refractivity contribution in [2.75, 3.05) is 32.7 Å². The van der Waals surface area contributed by atoms with Gasteiger partial charge in [0, 0.05) is 37.1 Å². The highest BCUT2D eigenvalue weighted by atomic mass is 19.4. The summed E-state index contributed by atoms with van der Waals surface area (Å²) in [7, 11) is 0. The number of likely N-dealkylation sites (tertiary alicyclic amines) is 1. The Morgan fingerprint density at radius 1 is 1.18 bits per heavy atom. The number of para-hydroxylation sites is 1. The normalized spacial score (nSPS) is 17.1. The Kier molecular flexibility index (Phi) is 7.46. The van der Waals surface area contributed by atoms with Crippen molar-refractivity contribution < 1.29 is 22.7 Å². The minimum Gasteiger partial charge on any atom is -0.406 e. The van der Waals surface area contributed by atoms with Gasteiger partial charge in [-0.05, 0) is 68.5 Å². The molecule has 182 valence electrons. The number of ether oxygens (including phenoxy) is 1. The fourth-order valence-electron chi connectivity index (χ4n) is 4.71. The fourth-order valence-corrected chi connectivity index (χ4v) is 4.71. The molecule has 1 fully saturated rings. The summed E-state index contributed by atoms with van der Waals surface area (Å²) in [5, 5.41) is 1.02. The predicted molar refractivity (Wildman–Crippen MR) is 126 cm³/mol. The largest absolute Gasteiger partial charge is 0.573 e. The van der Waals surface area contributed by atoms with Crippen LogP contribution in [-0.4, -0.2) is 59.8 Å². The third kappa shape index (κ3) is 6.32. The van der Waals surface area contributed by atoms with Crippen molar-refractivity contribution in [1.82, 2.24) is 14.8 Å². The lowest BCUT2D eigenvalue weighted by Crippen LogP contribution is -2.43. The number of nitrogens with zero attached hydrogens (tertiary/aromatic N) is 2. The molecule has 1 aromatic heterocycles. The summed E-state index contributed by atoms with van der Waals surface area (Å²) in [5.74, 6) is 0.190. The zero-order valence-electron chi connectivity index (χ0n) is 19.3. The van der Waals surface area contributed by atoms with Crippen molar-refractivity contribution in [3.8, 4) is 5.75 Å².